The van der Waals surface area contributed by atoms with Gasteiger partial charge in [0.15, 0.2) is 0 Å². The van der Waals surface area contributed by atoms with Crippen LogP contribution in [-0.2, 0) is 65.4 Å². The predicted octanol–water partition coefficient (Wildman–Crippen LogP) is 2.70. The fourth-order valence-electron chi connectivity index (χ4n) is 0. The second-order valence-electron chi connectivity index (χ2n) is 0. The summed E-state index contributed by atoms with van der Waals surface area (Å²) >= 11 is 0. The molecule has 0 aromatic carbocycles. The number of hydrogen-bond donors (Lipinski definition) is 0. The van der Waals surface area contributed by atoms with Gasteiger partial charge in [-0.2, -0.15) is 0 Å². The first kappa shape index (κ1) is 178. The third kappa shape index (κ3) is 87.5. The summed E-state index contributed by atoms with van der Waals surface area (Å²) in [6.07, 6.45) is 0. The SMILES string of the molecule is [CH3-].[CH3-].[CH3-].[CH3-].[CH3-].[CH3-].[Y].[Y]. The second-order valence-corrected chi connectivity index (χ2v) is 0. The summed E-state index contributed by atoms with van der Waals surface area (Å²) in [7, 11) is 0. The molecule has 0 aromatic heterocycles. The van der Waals surface area contributed by atoms with Gasteiger partial charge in [-0.3, -0.25) is 0 Å². The van der Waals surface area contributed by atoms with Gasteiger partial charge in [0, 0.05) is 65.4 Å². The van der Waals surface area contributed by atoms with E-state index in [1.54, 1.807) is 0 Å². The zero-order chi connectivity index (χ0) is 0. The molecule has 0 aromatic rings. The van der Waals surface area contributed by atoms with Crippen LogP contribution in [0.5, 0.6) is 0 Å². The minimum absolute atomic E-state index is 0. The summed E-state index contributed by atoms with van der Waals surface area (Å²) in [5.74, 6) is 0. The van der Waals surface area contributed by atoms with E-state index in [-0.39, 0.29) is 110 Å². The molecular weight excluding hydrogens is 250 g/mol. The predicted molar refractivity (Wildman–Crippen MR) is 38.5 cm³/mol. The Labute approximate surface area is 108 Å². The van der Waals surface area contributed by atoms with E-state index in [0.717, 1.165) is 0 Å². The van der Waals surface area contributed by atoms with Crippen molar-refractivity contribution in [1.82, 2.24) is 0 Å². The van der Waals surface area contributed by atoms with Crippen LogP contribution in [-0.4, -0.2) is 0 Å². The van der Waals surface area contributed by atoms with Gasteiger partial charge in [-0.25, -0.2) is 0 Å². The van der Waals surface area contributed by atoms with Gasteiger partial charge >= 0.3 is 0 Å². The summed E-state index contributed by atoms with van der Waals surface area (Å²) in [4.78, 5) is 0. The maximum Gasteiger partial charge on any atom is 0 e. The third-order valence-corrected chi connectivity index (χ3v) is 0. The summed E-state index contributed by atoms with van der Waals surface area (Å²) in [6.45, 7) is 0. The molecule has 2 heteroatoms. The molecule has 0 aliphatic carbocycles. The zero-order valence-corrected chi connectivity index (χ0v) is 12.8. The zero-order valence-electron chi connectivity index (χ0n) is 7.15. The van der Waals surface area contributed by atoms with Crippen LogP contribution in [0.25, 0.3) is 0 Å². The molecule has 0 bridgehead atoms. The molecule has 0 fully saturated rings. The van der Waals surface area contributed by atoms with E-state index in [9.17, 15) is 0 Å². The first-order valence-corrected chi connectivity index (χ1v) is 0. The molecule has 8 heavy (non-hydrogen) atoms. The fourth-order valence-corrected chi connectivity index (χ4v) is 0. The van der Waals surface area contributed by atoms with Crippen LogP contribution in [0.4, 0.5) is 0 Å². The van der Waals surface area contributed by atoms with Gasteiger partial charge in [0.1, 0.15) is 0 Å². The maximum absolute atomic E-state index is 0. The van der Waals surface area contributed by atoms with Gasteiger partial charge in [0.25, 0.3) is 0 Å². The van der Waals surface area contributed by atoms with E-state index in [2.05, 4.69) is 0 Å². The Morgan fingerprint density at radius 2 is 0.250 bits per heavy atom. The van der Waals surface area contributed by atoms with E-state index in [1.165, 1.54) is 0 Å². The molecule has 0 N–H and O–H groups in total. The Kier molecular flexibility index (Phi) is 2820. The third-order valence-electron chi connectivity index (χ3n) is 0. The smallest absolute Gasteiger partial charge is 0 e. The molecule has 2 radical (unpaired) electrons. The molecule has 54 valence electrons. The van der Waals surface area contributed by atoms with Crippen LogP contribution in [0.2, 0.25) is 0 Å². The van der Waals surface area contributed by atoms with E-state index < -0.39 is 0 Å². The molecule has 0 spiro atoms. The van der Waals surface area contributed by atoms with Crippen LogP contribution in [0.15, 0.2) is 0 Å². The van der Waals surface area contributed by atoms with E-state index in [0.29, 0.717) is 0 Å². The van der Waals surface area contributed by atoms with Crippen LogP contribution in [0.3, 0.4) is 0 Å². The number of rotatable bonds is 0. The molecule has 0 aliphatic rings. The number of hydrogen-bond acceptors (Lipinski definition) is 0. The summed E-state index contributed by atoms with van der Waals surface area (Å²) in [6, 6.07) is 0. The van der Waals surface area contributed by atoms with Crippen molar-refractivity contribution in [3.63, 3.8) is 0 Å². The van der Waals surface area contributed by atoms with Crippen molar-refractivity contribution in [2.75, 3.05) is 0 Å². The van der Waals surface area contributed by atoms with Crippen LogP contribution >= 0.6 is 0 Å². The Morgan fingerprint density at radius 3 is 0.250 bits per heavy atom. The first-order chi connectivity index (χ1) is 0. The van der Waals surface area contributed by atoms with Gasteiger partial charge in [0.2, 0.25) is 0 Å². The quantitative estimate of drug-likeness (QED) is 0.592. The molecule has 0 aliphatic heterocycles. The Balaban J connectivity index is 0. The van der Waals surface area contributed by atoms with Crippen molar-refractivity contribution < 1.29 is 65.4 Å². The van der Waals surface area contributed by atoms with E-state index in [1.807, 2.05) is 0 Å². The van der Waals surface area contributed by atoms with Crippen molar-refractivity contribution >= 4 is 0 Å². The van der Waals surface area contributed by atoms with Crippen LogP contribution < -0.4 is 0 Å². The molecule has 0 atom stereocenters. The minimum Gasteiger partial charge on any atom is -0.358 e. The normalized spacial score (nSPS) is 0. The maximum atomic E-state index is 0. The van der Waals surface area contributed by atoms with Gasteiger partial charge < -0.3 is 44.6 Å². The topological polar surface area (TPSA) is 0 Å². The average Bonchev–Trinajstić information content (AvgIpc) is 0. The molecule has 0 amide bonds. The molecule has 0 saturated heterocycles. The van der Waals surface area contributed by atoms with Crippen molar-refractivity contribution in [3.05, 3.63) is 44.6 Å². The largest absolute Gasteiger partial charge is 0.358 e. The monoisotopic (exact) mass is 268 g/mol. The van der Waals surface area contributed by atoms with E-state index >= 15 is 0 Å². The van der Waals surface area contributed by atoms with Crippen LogP contribution in [0.1, 0.15) is 0 Å². The Hall–Kier alpha value is 2.21. The molecular formula is C6H18Y2-6. The fraction of sp³-hybridized carbons (Fsp3) is 0. The minimum atomic E-state index is 0. The summed E-state index contributed by atoms with van der Waals surface area (Å²) < 4.78 is 0. The first-order valence-electron chi connectivity index (χ1n) is 0. The summed E-state index contributed by atoms with van der Waals surface area (Å²) in [5, 5.41) is 0. The molecule has 0 nitrogen and oxygen atoms in total. The standard InChI is InChI=1S/6CH3.2Y/h6*1H3;;/q6*-1;;. The van der Waals surface area contributed by atoms with Crippen molar-refractivity contribution in [2.24, 2.45) is 0 Å². The average molecular weight is 268 g/mol. The van der Waals surface area contributed by atoms with Gasteiger partial charge in [-0.05, 0) is 0 Å². The van der Waals surface area contributed by atoms with Crippen molar-refractivity contribution in [3.8, 4) is 0 Å². The molecule has 0 rings (SSSR count). The molecule has 0 saturated carbocycles. The molecule has 0 heterocycles. The second kappa shape index (κ2) is 127. The molecule has 0 unspecified atom stereocenters. The van der Waals surface area contributed by atoms with Crippen molar-refractivity contribution in [2.45, 2.75) is 0 Å². The summed E-state index contributed by atoms with van der Waals surface area (Å²) in [5.41, 5.74) is 0. The van der Waals surface area contributed by atoms with Crippen molar-refractivity contribution in [1.29, 1.82) is 0 Å². The van der Waals surface area contributed by atoms with Gasteiger partial charge in [-0.15, -0.1) is 0 Å². The van der Waals surface area contributed by atoms with E-state index in [4.69, 9.17) is 0 Å². The van der Waals surface area contributed by atoms with Gasteiger partial charge in [0.05, 0.1) is 0 Å². The Morgan fingerprint density at radius 1 is 0.250 bits per heavy atom. The Bertz CT molecular complexity index is 6.49. The van der Waals surface area contributed by atoms with Gasteiger partial charge in [-0.1, -0.05) is 0 Å². The van der Waals surface area contributed by atoms with Crippen LogP contribution in [0, 0.1) is 44.6 Å².